The number of fused-ring (bicyclic) bond motifs is 2. The van der Waals surface area contributed by atoms with Crippen molar-refractivity contribution >= 4 is 46.5 Å². The van der Waals surface area contributed by atoms with Gasteiger partial charge in [0.2, 0.25) is 17.7 Å². The highest BCUT2D eigenvalue weighted by atomic mass is 16.2. The van der Waals surface area contributed by atoms with Crippen LogP contribution in [-0.2, 0) is 14.4 Å². The van der Waals surface area contributed by atoms with E-state index in [4.69, 9.17) is 0 Å². The Kier molecular flexibility index (Phi) is 10.7. The van der Waals surface area contributed by atoms with Crippen LogP contribution < -0.4 is 25.8 Å². The molecule has 4 aliphatic rings. The molecule has 11 nitrogen and oxygen atoms in total. The molecule has 4 atom stereocenters. The number of likely N-dealkylation sites (tertiary alicyclic amines) is 2. The summed E-state index contributed by atoms with van der Waals surface area (Å²) in [6.45, 7) is 10.2. The molecule has 2 saturated heterocycles. The smallest absolute Gasteiger partial charge is 0.320 e. The number of para-hydroxylation sites is 2. The number of benzene rings is 3. The van der Waals surface area contributed by atoms with Crippen LogP contribution in [0.5, 0.6) is 0 Å². The Morgan fingerprint density at radius 2 is 1.17 bits per heavy atom. The van der Waals surface area contributed by atoms with Gasteiger partial charge < -0.3 is 35.6 Å². The Bertz CT molecular complexity index is 1820. The molecular weight excluding hydrogens is 667 g/mol. The number of urea groups is 1. The number of piperidine rings is 1. The second-order valence-electron chi connectivity index (χ2n) is 15.2. The van der Waals surface area contributed by atoms with E-state index in [-0.39, 0.29) is 59.9 Å². The molecule has 4 aliphatic heterocycles. The first-order valence-electron chi connectivity index (χ1n) is 19.4. The van der Waals surface area contributed by atoms with E-state index in [1.807, 2.05) is 89.2 Å². The molecule has 0 aromatic heterocycles. The molecule has 280 valence electrons. The van der Waals surface area contributed by atoms with E-state index in [0.717, 1.165) is 54.0 Å². The highest BCUT2D eigenvalue weighted by molar-refractivity contribution is 5.96. The van der Waals surface area contributed by atoms with Gasteiger partial charge in [-0.15, -0.1) is 0 Å². The normalized spacial score (nSPS) is 23.1. The molecule has 11 heteroatoms. The van der Waals surface area contributed by atoms with Crippen molar-refractivity contribution in [2.45, 2.75) is 96.4 Å². The van der Waals surface area contributed by atoms with Crippen molar-refractivity contribution in [3.63, 3.8) is 0 Å². The van der Waals surface area contributed by atoms with E-state index < -0.39 is 0 Å². The molecule has 0 aliphatic carbocycles. The zero-order chi connectivity index (χ0) is 37.2. The maximum Gasteiger partial charge on any atom is 0.320 e. The second kappa shape index (κ2) is 15.6. The SMILES string of the molecule is CCC(=O)N1c2ccccc2[C@H](Nc2ccc(NC(=O)C3CN(C(=O)N4CCC(N[C@@H]5C[C@H](C)N(C(=O)CC)c6ccccc65)CC4)C3)cc2)C[C@@H]1C. The van der Waals surface area contributed by atoms with Crippen molar-refractivity contribution in [1.29, 1.82) is 0 Å². The average Bonchev–Trinajstić information content (AvgIpc) is 3.15. The average molecular weight is 720 g/mol. The number of carbonyl (C=O) groups excluding carboxylic acids is 4. The van der Waals surface area contributed by atoms with Crippen molar-refractivity contribution in [2.75, 3.05) is 46.6 Å². The predicted octanol–water partition coefficient (Wildman–Crippen LogP) is 6.70. The number of hydrogen-bond donors (Lipinski definition) is 3. The molecule has 4 heterocycles. The summed E-state index contributed by atoms with van der Waals surface area (Å²) < 4.78 is 0. The lowest BCUT2D eigenvalue weighted by atomic mass is 9.90. The molecule has 3 N–H and O–H groups in total. The number of nitrogens with one attached hydrogen (secondary N) is 3. The molecule has 0 saturated carbocycles. The fraction of sp³-hybridized carbons (Fsp3) is 0.476. The summed E-state index contributed by atoms with van der Waals surface area (Å²) in [5.74, 6) is -0.0282. The summed E-state index contributed by atoms with van der Waals surface area (Å²) in [4.78, 5) is 59.4. The van der Waals surface area contributed by atoms with E-state index in [1.165, 1.54) is 5.56 Å². The predicted molar refractivity (Wildman–Crippen MR) is 209 cm³/mol. The van der Waals surface area contributed by atoms with Crippen molar-refractivity contribution in [1.82, 2.24) is 15.1 Å². The molecule has 7 rings (SSSR count). The van der Waals surface area contributed by atoms with E-state index in [1.54, 1.807) is 4.90 Å². The maximum absolute atomic E-state index is 13.3. The van der Waals surface area contributed by atoms with Crippen LogP contribution in [-0.4, -0.2) is 77.9 Å². The first-order chi connectivity index (χ1) is 25.6. The van der Waals surface area contributed by atoms with Crippen LogP contribution in [0.25, 0.3) is 0 Å². The monoisotopic (exact) mass is 719 g/mol. The van der Waals surface area contributed by atoms with Crippen LogP contribution >= 0.6 is 0 Å². The number of anilines is 4. The molecule has 53 heavy (non-hydrogen) atoms. The highest BCUT2D eigenvalue weighted by Crippen LogP contribution is 2.40. The van der Waals surface area contributed by atoms with Crippen LogP contribution in [0.1, 0.15) is 89.4 Å². The summed E-state index contributed by atoms with van der Waals surface area (Å²) in [6, 6.07) is 24.8. The van der Waals surface area contributed by atoms with Crippen molar-refractivity contribution in [3.8, 4) is 0 Å². The first kappa shape index (κ1) is 36.5. The summed E-state index contributed by atoms with van der Waals surface area (Å²) in [7, 11) is 0. The summed E-state index contributed by atoms with van der Waals surface area (Å²) in [6.07, 6.45) is 4.34. The van der Waals surface area contributed by atoms with Crippen molar-refractivity contribution in [2.24, 2.45) is 5.92 Å². The number of hydrogen-bond acceptors (Lipinski definition) is 6. The van der Waals surface area contributed by atoms with Gasteiger partial charge >= 0.3 is 6.03 Å². The maximum atomic E-state index is 13.3. The number of nitrogens with zero attached hydrogens (tertiary/aromatic N) is 4. The van der Waals surface area contributed by atoms with Crippen molar-refractivity contribution in [3.05, 3.63) is 83.9 Å². The number of rotatable bonds is 8. The zero-order valence-corrected chi connectivity index (χ0v) is 31.4. The van der Waals surface area contributed by atoms with E-state index in [0.29, 0.717) is 39.0 Å². The Balaban J connectivity index is 0.863. The van der Waals surface area contributed by atoms with Gasteiger partial charge in [0, 0.05) is 85.9 Å². The molecule has 5 amide bonds. The molecule has 0 spiro atoms. The first-order valence-corrected chi connectivity index (χ1v) is 19.4. The van der Waals surface area contributed by atoms with E-state index >= 15 is 0 Å². The molecule has 0 radical (unpaired) electrons. The molecule has 3 aromatic rings. The Labute approximate surface area is 313 Å². The van der Waals surface area contributed by atoms with Gasteiger partial charge in [-0.25, -0.2) is 4.79 Å². The Morgan fingerprint density at radius 3 is 1.74 bits per heavy atom. The number of carbonyl (C=O) groups is 4. The van der Waals surface area contributed by atoms with Gasteiger partial charge in [0.1, 0.15) is 0 Å². The minimum atomic E-state index is -0.238. The summed E-state index contributed by atoms with van der Waals surface area (Å²) in [5.41, 5.74) is 5.90. The van der Waals surface area contributed by atoms with E-state index in [2.05, 4.69) is 41.9 Å². The van der Waals surface area contributed by atoms with Crippen LogP contribution in [0.4, 0.5) is 27.5 Å². The van der Waals surface area contributed by atoms with Gasteiger partial charge in [0.15, 0.2) is 0 Å². The third-order valence-electron chi connectivity index (χ3n) is 11.5. The zero-order valence-electron chi connectivity index (χ0n) is 31.4. The Hall–Kier alpha value is -4.90. The largest absolute Gasteiger partial charge is 0.378 e. The lowest BCUT2D eigenvalue weighted by Gasteiger charge is -2.44. The standard InChI is InChI=1S/C42H53N7O4/c1-5-39(50)48-27(3)23-35(33-11-7-9-13-37(33)48)43-30-15-17-31(18-16-30)45-41(52)29-25-47(26-29)42(53)46-21-19-32(20-22-46)44-36-24-28(4)49(40(51)6-2)38-14-10-8-12-34(36)38/h7-18,27-29,32,35-36,43-44H,5-6,19-26H2,1-4H3,(H,45,52)/t27-,28-,35+,36+/m0/s1. The number of amides is 5. The van der Waals surface area contributed by atoms with Crippen LogP contribution in [0, 0.1) is 5.92 Å². The summed E-state index contributed by atoms with van der Waals surface area (Å²) in [5, 5.41) is 10.5. The lowest BCUT2D eigenvalue weighted by molar-refractivity contribution is -0.124. The van der Waals surface area contributed by atoms with Gasteiger partial charge in [-0.2, -0.15) is 0 Å². The molecule has 3 aromatic carbocycles. The van der Waals surface area contributed by atoms with Crippen LogP contribution in [0.3, 0.4) is 0 Å². The molecule has 0 unspecified atom stereocenters. The van der Waals surface area contributed by atoms with Gasteiger partial charge in [-0.05, 0) is 87.1 Å². The molecule has 0 bridgehead atoms. The van der Waals surface area contributed by atoms with Crippen LogP contribution in [0.15, 0.2) is 72.8 Å². The molecule has 2 fully saturated rings. The Morgan fingerprint density at radius 1 is 0.660 bits per heavy atom. The quantitative estimate of drug-likeness (QED) is 0.239. The van der Waals surface area contributed by atoms with Gasteiger partial charge in [-0.3, -0.25) is 14.4 Å². The third-order valence-corrected chi connectivity index (χ3v) is 11.5. The lowest BCUT2D eigenvalue weighted by Crippen LogP contribution is -2.59. The highest BCUT2D eigenvalue weighted by Gasteiger charge is 2.40. The molecular formula is C42H53N7O4. The van der Waals surface area contributed by atoms with Crippen molar-refractivity contribution < 1.29 is 19.2 Å². The van der Waals surface area contributed by atoms with Gasteiger partial charge in [0.25, 0.3) is 0 Å². The van der Waals surface area contributed by atoms with E-state index in [9.17, 15) is 19.2 Å². The minimum Gasteiger partial charge on any atom is -0.378 e. The minimum absolute atomic E-state index is 0.00840. The summed E-state index contributed by atoms with van der Waals surface area (Å²) >= 11 is 0. The van der Waals surface area contributed by atoms with Crippen LogP contribution in [0.2, 0.25) is 0 Å². The topological polar surface area (TPSA) is 117 Å². The fourth-order valence-electron chi connectivity index (χ4n) is 8.64. The fourth-order valence-corrected chi connectivity index (χ4v) is 8.64. The third kappa shape index (κ3) is 7.49. The second-order valence-corrected chi connectivity index (χ2v) is 15.2. The van der Waals surface area contributed by atoms with Gasteiger partial charge in [0.05, 0.1) is 12.0 Å². The van der Waals surface area contributed by atoms with Gasteiger partial charge in [-0.1, -0.05) is 50.2 Å².